The van der Waals surface area contributed by atoms with Gasteiger partial charge in [0.1, 0.15) is 12.4 Å². The molecule has 0 aliphatic rings. The van der Waals surface area contributed by atoms with Gasteiger partial charge in [-0.2, -0.15) is 0 Å². The molecule has 6 nitrogen and oxygen atoms in total. The minimum absolute atomic E-state index is 0.364. The van der Waals surface area contributed by atoms with Gasteiger partial charge in [-0.1, -0.05) is 23.7 Å². The first kappa shape index (κ1) is 20.3. The number of para-hydroxylation sites is 1. The van der Waals surface area contributed by atoms with Crippen molar-refractivity contribution in [3.63, 3.8) is 0 Å². The lowest BCUT2D eigenvalue weighted by Crippen LogP contribution is -2.52. The van der Waals surface area contributed by atoms with Crippen LogP contribution in [0.2, 0.25) is 5.02 Å². The van der Waals surface area contributed by atoms with Gasteiger partial charge in [0.15, 0.2) is 0 Å². The van der Waals surface area contributed by atoms with Crippen molar-refractivity contribution >= 4 is 23.5 Å². The van der Waals surface area contributed by atoms with Crippen LogP contribution < -0.4 is 15.4 Å². The second-order valence-electron chi connectivity index (χ2n) is 6.63. The number of amides is 3. The number of carbonyl (C=O) groups is 2. The van der Waals surface area contributed by atoms with Crippen LogP contribution in [0, 0.1) is 0 Å². The van der Waals surface area contributed by atoms with Crippen LogP contribution in [0.4, 0.5) is 4.79 Å². The summed E-state index contributed by atoms with van der Waals surface area (Å²) < 4.78 is 5.60. The summed E-state index contributed by atoms with van der Waals surface area (Å²) >= 11 is 6.02. The van der Waals surface area contributed by atoms with Gasteiger partial charge in [0.05, 0.1) is 11.1 Å². The highest BCUT2D eigenvalue weighted by Crippen LogP contribution is 2.22. The molecule has 0 spiro atoms. The zero-order chi connectivity index (χ0) is 18.3. The third-order valence-electron chi connectivity index (χ3n) is 3.30. The first-order chi connectivity index (χ1) is 11.1. The predicted octanol–water partition coefficient (Wildman–Crippen LogP) is 2.66. The van der Waals surface area contributed by atoms with E-state index in [9.17, 15) is 9.59 Å². The zero-order valence-corrected chi connectivity index (χ0v) is 15.6. The van der Waals surface area contributed by atoms with Gasteiger partial charge in [-0.15, -0.1) is 0 Å². The molecule has 1 aromatic carbocycles. The van der Waals surface area contributed by atoms with Crippen molar-refractivity contribution < 1.29 is 14.3 Å². The molecule has 1 aromatic rings. The fourth-order valence-electron chi connectivity index (χ4n) is 1.84. The summed E-state index contributed by atoms with van der Waals surface area (Å²) in [6.07, 6.45) is 0. The number of nitrogens with one attached hydrogen (secondary N) is 2. The highest BCUT2D eigenvalue weighted by atomic mass is 35.5. The van der Waals surface area contributed by atoms with Crippen molar-refractivity contribution in [2.24, 2.45) is 0 Å². The van der Waals surface area contributed by atoms with E-state index in [4.69, 9.17) is 16.3 Å². The molecule has 0 heterocycles. The number of hydrogen-bond donors (Lipinski definition) is 2. The number of likely N-dealkylation sites (N-methyl/N-ethyl adjacent to an activating group) is 1. The van der Waals surface area contributed by atoms with Crippen LogP contribution in [0.25, 0.3) is 0 Å². The first-order valence-electron chi connectivity index (χ1n) is 7.81. The normalized spacial score (nSPS) is 12.6. The van der Waals surface area contributed by atoms with Crippen molar-refractivity contribution in [1.29, 1.82) is 0 Å². The molecule has 1 unspecified atom stereocenters. The topological polar surface area (TPSA) is 70.7 Å². The molecule has 1 atom stereocenters. The zero-order valence-electron chi connectivity index (χ0n) is 14.9. The first-order valence-corrected chi connectivity index (χ1v) is 8.18. The summed E-state index contributed by atoms with van der Waals surface area (Å²) in [6, 6.07) is 6.25. The third kappa shape index (κ3) is 7.19. The molecule has 0 saturated heterocycles. The van der Waals surface area contributed by atoms with Crippen LogP contribution in [0.15, 0.2) is 24.3 Å². The number of urea groups is 1. The van der Waals surface area contributed by atoms with Crippen LogP contribution in [0.5, 0.6) is 5.75 Å². The molecular formula is C17H26ClN3O3. The lowest BCUT2D eigenvalue weighted by molar-refractivity contribution is -0.124. The molecule has 0 aliphatic carbocycles. The number of nitrogens with zero attached hydrogens (tertiary/aromatic N) is 1. The minimum Gasteiger partial charge on any atom is -0.491 e. The van der Waals surface area contributed by atoms with Crippen molar-refractivity contribution in [3.8, 4) is 5.75 Å². The van der Waals surface area contributed by atoms with Gasteiger partial charge in [0, 0.05) is 12.1 Å². The van der Waals surface area contributed by atoms with Gasteiger partial charge in [0.2, 0.25) is 5.91 Å². The van der Waals surface area contributed by atoms with Crippen molar-refractivity contribution in [3.05, 3.63) is 29.3 Å². The summed E-state index contributed by atoms with van der Waals surface area (Å²) in [5.74, 6) is 0.242. The summed E-state index contributed by atoms with van der Waals surface area (Å²) in [5, 5.41) is 5.57. The van der Waals surface area contributed by atoms with Gasteiger partial charge in [-0.05, 0) is 46.9 Å². The number of carbonyl (C=O) groups excluding carboxylic acids is 2. The van der Waals surface area contributed by atoms with Crippen LogP contribution in [-0.4, -0.2) is 48.6 Å². The van der Waals surface area contributed by atoms with Gasteiger partial charge >= 0.3 is 6.03 Å². The van der Waals surface area contributed by atoms with E-state index in [1.807, 2.05) is 32.9 Å². The van der Waals surface area contributed by atoms with E-state index in [2.05, 4.69) is 10.6 Å². The lowest BCUT2D eigenvalue weighted by Gasteiger charge is -2.25. The maximum Gasteiger partial charge on any atom is 0.321 e. The number of imide groups is 1. The fourth-order valence-corrected chi connectivity index (χ4v) is 2.03. The molecule has 3 amide bonds. The number of ether oxygens (including phenoxy) is 1. The Labute approximate surface area is 148 Å². The monoisotopic (exact) mass is 355 g/mol. The van der Waals surface area contributed by atoms with E-state index in [0.29, 0.717) is 23.9 Å². The maximum absolute atomic E-state index is 12.1. The Bertz CT molecular complexity index is 572. The van der Waals surface area contributed by atoms with Crippen molar-refractivity contribution in [1.82, 2.24) is 15.5 Å². The molecule has 0 saturated carbocycles. The second-order valence-corrected chi connectivity index (χ2v) is 7.04. The molecule has 0 aliphatic heterocycles. The van der Waals surface area contributed by atoms with E-state index in [0.717, 1.165) is 0 Å². The van der Waals surface area contributed by atoms with E-state index in [1.54, 1.807) is 31.0 Å². The molecule has 24 heavy (non-hydrogen) atoms. The molecule has 7 heteroatoms. The highest BCUT2D eigenvalue weighted by Gasteiger charge is 2.22. The molecule has 0 aromatic heterocycles. The summed E-state index contributed by atoms with van der Waals surface area (Å²) in [5.41, 5.74) is -0.401. The molecule has 1 rings (SSSR count). The number of halogens is 1. The van der Waals surface area contributed by atoms with Gasteiger partial charge < -0.3 is 10.1 Å². The van der Waals surface area contributed by atoms with Gasteiger partial charge in [-0.3, -0.25) is 15.0 Å². The average molecular weight is 356 g/mol. The SMILES string of the molecule is CC(C(=O)NC(=O)NC(C)(C)C)N(C)CCOc1ccccc1Cl. The Kier molecular flexibility index (Phi) is 7.51. The summed E-state index contributed by atoms with van der Waals surface area (Å²) in [4.78, 5) is 25.6. The van der Waals surface area contributed by atoms with Crippen LogP contribution in [-0.2, 0) is 4.79 Å². The van der Waals surface area contributed by atoms with Crippen molar-refractivity contribution in [2.45, 2.75) is 39.3 Å². The van der Waals surface area contributed by atoms with Gasteiger partial charge in [0.25, 0.3) is 0 Å². The third-order valence-corrected chi connectivity index (χ3v) is 3.62. The Morgan fingerprint density at radius 1 is 1.29 bits per heavy atom. The van der Waals surface area contributed by atoms with E-state index in [1.165, 1.54) is 0 Å². The van der Waals surface area contributed by atoms with Crippen LogP contribution >= 0.6 is 11.6 Å². The van der Waals surface area contributed by atoms with E-state index in [-0.39, 0.29) is 5.91 Å². The number of hydrogen-bond acceptors (Lipinski definition) is 4. The Morgan fingerprint density at radius 2 is 1.92 bits per heavy atom. The maximum atomic E-state index is 12.1. The molecule has 0 radical (unpaired) electrons. The number of rotatable bonds is 6. The molecule has 134 valence electrons. The smallest absolute Gasteiger partial charge is 0.321 e. The number of benzene rings is 1. The highest BCUT2D eigenvalue weighted by molar-refractivity contribution is 6.32. The molecule has 0 bridgehead atoms. The standard InChI is InChI=1S/C17H26ClN3O3/c1-12(15(22)19-16(23)20-17(2,3)4)21(5)10-11-24-14-9-7-6-8-13(14)18/h6-9,12H,10-11H2,1-5H3,(H2,19,20,22,23). The predicted molar refractivity (Wildman–Crippen MR) is 95.5 cm³/mol. The lowest BCUT2D eigenvalue weighted by atomic mass is 10.1. The van der Waals surface area contributed by atoms with E-state index >= 15 is 0 Å². The second kappa shape index (κ2) is 8.89. The summed E-state index contributed by atoms with van der Waals surface area (Å²) in [6.45, 7) is 8.16. The van der Waals surface area contributed by atoms with Crippen molar-refractivity contribution in [2.75, 3.05) is 20.2 Å². The average Bonchev–Trinajstić information content (AvgIpc) is 2.46. The van der Waals surface area contributed by atoms with Gasteiger partial charge in [-0.25, -0.2) is 4.79 Å². The molecule has 0 fully saturated rings. The summed E-state index contributed by atoms with van der Waals surface area (Å²) in [7, 11) is 1.79. The fraction of sp³-hybridized carbons (Fsp3) is 0.529. The largest absolute Gasteiger partial charge is 0.491 e. The van der Waals surface area contributed by atoms with Crippen LogP contribution in [0.3, 0.4) is 0 Å². The Balaban J connectivity index is 2.41. The molecular weight excluding hydrogens is 330 g/mol. The quantitative estimate of drug-likeness (QED) is 0.823. The Morgan fingerprint density at radius 3 is 2.50 bits per heavy atom. The van der Waals surface area contributed by atoms with Crippen LogP contribution in [0.1, 0.15) is 27.7 Å². The minimum atomic E-state index is -0.500. The Hall–Kier alpha value is -1.79. The molecule has 2 N–H and O–H groups in total. The van der Waals surface area contributed by atoms with E-state index < -0.39 is 17.6 Å².